The molecule has 1 aromatic heterocycles. The fourth-order valence-corrected chi connectivity index (χ4v) is 3.39. The largest absolute Gasteiger partial charge is 0.387 e. The molecule has 0 spiro atoms. The third kappa shape index (κ3) is 4.16. The number of likely N-dealkylation sites (tertiary alicyclic amines) is 1. The summed E-state index contributed by atoms with van der Waals surface area (Å²) >= 11 is 0. The summed E-state index contributed by atoms with van der Waals surface area (Å²) in [7, 11) is 2.10. The Bertz CT molecular complexity index is 635. The average Bonchev–Trinajstić information content (AvgIpc) is 2.92. The predicted molar refractivity (Wildman–Crippen MR) is 101 cm³/mol. The van der Waals surface area contributed by atoms with E-state index < -0.39 is 6.10 Å². The molecule has 0 bridgehead atoms. The number of hydrogen-bond donors (Lipinski definition) is 1. The van der Waals surface area contributed by atoms with E-state index in [0.717, 1.165) is 54.4 Å². The molecule has 0 amide bonds. The molecule has 0 saturated carbocycles. The van der Waals surface area contributed by atoms with Crippen molar-refractivity contribution in [2.75, 3.05) is 13.6 Å². The van der Waals surface area contributed by atoms with Gasteiger partial charge in [0.25, 0.3) is 0 Å². The van der Waals surface area contributed by atoms with Crippen LogP contribution >= 0.6 is 24.8 Å². The van der Waals surface area contributed by atoms with Crippen LogP contribution in [0.15, 0.2) is 30.3 Å². The Morgan fingerprint density at radius 1 is 1.26 bits per heavy atom. The Hall–Kier alpha value is -0.870. The number of halogens is 2. The molecule has 1 aromatic carbocycles. The summed E-state index contributed by atoms with van der Waals surface area (Å²) < 4.78 is 0. The smallest absolute Gasteiger partial charge is 0.0966 e. The van der Waals surface area contributed by atoms with Gasteiger partial charge in [-0.3, -0.25) is 4.98 Å². The molecule has 0 radical (unpaired) electrons. The van der Waals surface area contributed by atoms with Gasteiger partial charge >= 0.3 is 0 Å². The van der Waals surface area contributed by atoms with Gasteiger partial charge in [0, 0.05) is 22.7 Å². The maximum atomic E-state index is 10.8. The van der Waals surface area contributed by atoms with Gasteiger partial charge in [-0.15, -0.1) is 24.8 Å². The van der Waals surface area contributed by atoms with Crippen LogP contribution in [0.25, 0.3) is 10.9 Å². The number of benzene rings is 1. The lowest BCUT2D eigenvalue weighted by Gasteiger charge is -2.26. The molecule has 0 aliphatic carbocycles. The molecule has 3 nitrogen and oxygen atoms in total. The molecule has 2 unspecified atom stereocenters. The highest BCUT2D eigenvalue weighted by Crippen LogP contribution is 2.31. The van der Waals surface area contributed by atoms with Crippen molar-refractivity contribution in [2.24, 2.45) is 0 Å². The van der Waals surface area contributed by atoms with Crippen molar-refractivity contribution in [3.63, 3.8) is 0 Å². The molecule has 1 N–H and O–H groups in total. The van der Waals surface area contributed by atoms with Gasteiger partial charge in [0.1, 0.15) is 0 Å². The number of likely N-dealkylation sites (N-methyl/N-ethyl adjacent to an activating group) is 1. The molecule has 1 aliphatic heterocycles. The van der Waals surface area contributed by atoms with Crippen molar-refractivity contribution < 1.29 is 5.11 Å². The summed E-state index contributed by atoms with van der Waals surface area (Å²) in [6.45, 7) is 3.24. The molecule has 2 atom stereocenters. The van der Waals surface area contributed by atoms with E-state index in [1.807, 2.05) is 12.1 Å². The minimum Gasteiger partial charge on any atom is -0.387 e. The number of aromatic nitrogens is 1. The van der Waals surface area contributed by atoms with Crippen LogP contribution in [0.3, 0.4) is 0 Å². The first-order valence-electron chi connectivity index (χ1n) is 7.97. The topological polar surface area (TPSA) is 36.4 Å². The second-order valence-electron chi connectivity index (χ2n) is 6.11. The number of hydrogen-bond acceptors (Lipinski definition) is 3. The van der Waals surface area contributed by atoms with Gasteiger partial charge in [-0.25, -0.2) is 0 Å². The van der Waals surface area contributed by atoms with Gasteiger partial charge < -0.3 is 10.0 Å². The Kier molecular flexibility index (Phi) is 7.75. The van der Waals surface area contributed by atoms with E-state index in [1.165, 1.54) is 0 Å². The van der Waals surface area contributed by atoms with E-state index >= 15 is 0 Å². The zero-order chi connectivity index (χ0) is 14.8. The minimum atomic E-state index is -0.453. The van der Waals surface area contributed by atoms with Crippen LogP contribution in [0.5, 0.6) is 0 Å². The fourth-order valence-electron chi connectivity index (χ4n) is 3.39. The zero-order valence-corrected chi connectivity index (χ0v) is 15.4. The zero-order valence-electron chi connectivity index (χ0n) is 13.7. The highest BCUT2D eigenvalue weighted by Gasteiger charge is 2.30. The van der Waals surface area contributed by atoms with Gasteiger partial charge in [-0.1, -0.05) is 37.6 Å². The van der Waals surface area contributed by atoms with Crippen molar-refractivity contribution in [3.05, 3.63) is 41.6 Å². The summed E-state index contributed by atoms with van der Waals surface area (Å²) in [4.78, 5) is 7.07. The normalized spacial score (nSPS) is 19.2. The Labute approximate surface area is 150 Å². The van der Waals surface area contributed by atoms with Crippen LogP contribution in [-0.2, 0) is 6.42 Å². The second-order valence-corrected chi connectivity index (χ2v) is 6.11. The molecule has 128 valence electrons. The van der Waals surface area contributed by atoms with E-state index in [4.69, 9.17) is 4.98 Å². The summed E-state index contributed by atoms with van der Waals surface area (Å²) in [6.07, 6.45) is 3.85. The van der Waals surface area contributed by atoms with E-state index in [1.54, 1.807) is 0 Å². The van der Waals surface area contributed by atoms with Crippen LogP contribution < -0.4 is 0 Å². The van der Waals surface area contributed by atoms with Gasteiger partial charge in [0.05, 0.1) is 11.6 Å². The first-order chi connectivity index (χ1) is 10.2. The fraction of sp³-hybridized carbons (Fsp3) is 0.500. The SMILES string of the molecule is CCCc1ccc2cccc(C(O)C3CCCN3C)c2n1.Cl.Cl. The number of aliphatic hydroxyl groups is 1. The molecule has 3 rings (SSSR count). The van der Waals surface area contributed by atoms with Crippen LogP contribution in [0.2, 0.25) is 0 Å². The lowest BCUT2D eigenvalue weighted by Crippen LogP contribution is -2.31. The van der Waals surface area contributed by atoms with E-state index in [2.05, 4.69) is 37.1 Å². The lowest BCUT2D eigenvalue weighted by molar-refractivity contribution is 0.0867. The molecular formula is C18H26Cl2N2O. The maximum Gasteiger partial charge on any atom is 0.0966 e. The number of para-hydroxylation sites is 1. The molecular weight excluding hydrogens is 331 g/mol. The Morgan fingerprint density at radius 3 is 2.70 bits per heavy atom. The molecule has 23 heavy (non-hydrogen) atoms. The van der Waals surface area contributed by atoms with Crippen molar-refractivity contribution >= 4 is 35.7 Å². The molecule has 2 heterocycles. The monoisotopic (exact) mass is 356 g/mol. The summed E-state index contributed by atoms with van der Waals surface area (Å²) in [6, 6.07) is 10.6. The molecule has 1 saturated heterocycles. The number of fused-ring (bicyclic) bond motifs is 1. The minimum absolute atomic E-state index is 0. The third-order valence-electron chi connectivity index (χ3n) is 4.58. The van der Waals surface area contributed by atoms with Gasteiger partial charge in [0.15, 0.2) is 0 Å². The van der Waals surface area contributed by atoms with Crippen LogP contribution in [0.1, 0.15) is 43.5 Å². The first kappa shape index (κ1) is 20.2. The summed E-state index contributed by atoms with van der Waals surface area (Å²) in [5.74, 6) is 0. The van der Waals surface area contributed by atoms with Crippen molar-refractivity contribution in [1.82, 2.24) is 9.88 Å². The van der Waals surface area contributed by atoms with Gasteiger partial charge in [-0.2, -0.15) is 0 Å². The van der Waals surface area contributed by atoms with Gasteiger partial charge in [-0.05, 0) is 38.9 Å². The summed E-state index contributed by atoms with van der Waals surface area (Å²) in [5, 5.41) is 11.9. The number of aliphatic hydroxyl groups excluding tert-OH is 1. The second kappa shape index (κ2) is 8.84. The van der Waals surface area contributed by atoms with E-state index in [-0.39, 0.29) is 30.9 Å². The van der Waals surface area contributed by atoms with Crippen LogP contribution in [0.4, 0.5) is 0 Å². The lowest BCUT2D eigenvalue weighted by atomic mass is 9.97. The molecule has 1 fully saturated rings. The quantitative estimate of drug-likeness (QED) is 0.893. The highest BCUT2D eigenvalue weighted by molar-refractivity contribution is 5.85. The van der Waals surface area contributed by atoms with Crippen LogP contribution in [-0.4, -0.2) is 34.6 Å². The molecule has 2 aromatic rings. The number of aryl methyl sites for hydroxylation is 1. The number of pyridine rings is 1. The third-order valence-corrected chi connectivity index (χ3v) is 4.58. The summed E-state index contributed by atoms with van der Waals surface area (Å²) in [5.41, 5.74) is 3.06. The molecule has 1 aliphatic rings. The van der Waals surface area contributed by atoms with Crippen molar-refractivity contribution in [3.8, 4) is 0 Å². The average molecular weight is 357 g/mol. The Balaban J connectivity index is 0.00000132. The van der Waals surface area contributed by atoms with Crippen LogP contribution in [0, 0.1) is 0 Å². The van der Waals surface area contributed by atoms with E-state index in [0.29, 0.717) is 0 Å². The highest BCUT2D eigenvalue weighted by atomic mass is 35.5. The molecule has 5 heteroatoms. The predicted octanol–water partition coefficient (Wildman–Crippen LogP) is 4.16. The van der Waals surface area contributed by atoms with Crippen molar-refractivity contribution in [2.45, 2.75) is 44.8 Å². The Morgan fingerprint density at radius 2 is 2.04 bits per heavy atom. The number of nitrogens with zero attached hydrogens (tertiary/aromatic N) is 2. The van der Waals surface area contributed by atoms with Crippen molar-refractivity contribution in [1.29, 1.82) is 0 Å². The first-order valence-corrected chi connectivity index (χ1v) is 7.97. The standard InChI is InChI=1S/C18H24N2O.2ClH/c1-3-6-14-11-10-13-7-4-8-15(17(13)19-14)18(21)16-9-5-12-20(16)2;;/h4,7-8,10-11,16,18,21H,3,5-6,9,12H2,1-2H3;2*1H. The maximum absolute atomic E-state index is 10.8. The van der Waals surface area contributed by atoms with Gasteiger partial charge in [0.2, 0.25) is 0 Å². The van der Waals surface area contributed by atoms with E-state index in [9.17, 15) is 5.11 Å². The number of rotatable bonds is 4.